The normalized spacial score (nSPS) is 11.9. The molecule has 0 spiro atoms. The van der Waals surface area contributed by atoms with Gasteiger partial charge in [-0.05, 0) is 42.9 Å². The molecule has 136 valence electrons. The summed E-state index contributed by atoms with van der Waals surface area (Å²) in [7, 11) is 0. The lowest BCUT2D eigenvalue weighted by atomic mass is 9.90. The molecular formula is C20H31ClFNO. The van der Waals surface area contributed by atoms with Crippen LogP contribution >= 0.6 is 11.6 Å². The summed E-state index contributed by atoms with van der Waals surface area (Å²) >= 11 is 6.32. The lowest BCUT2D eigenvalue weighted by Crippen LogP contribution is -2.42. The molecule has 0 heterocycles. The first kappa shape index (κ1) is 21.0. The average molecular weight is 356 g/mol. The van der Waals surface area contributed by atoms with Gasteiger partial charge < -0.3 is 4.90 Å². The lowest BCUT2D eigenvalue weighted by Gasteiger charge is -2.34. The van der Waals surface area contributed by atoms with E-state index >= 15 is 0 Å². The molecule has 0 N–H and O–H groups in total. The summed E-state index contributed by atoms with van der Waals surface area (Å²) in [6.07, 6.45) is 4.24. The Morgan fingerprint density at radius 3 is 2.21 bits per heavy atom. The van der Waals surface area contributed by atoms with Crippen LogP contribution in [-0.4, -0.2) is 11.9 Å². The van der Waals surface area contributed by atoms with E-state index in [2.05, 4.69) is 34.6 Å². The molecule has 24 heavy (non-hydrogen) atoms. The Kier molecular flexibility index (Phi) is 7.72. The van der Waals surface area contributed by atoms with Crippen LogP contribution in [0.25, 0.3) is 0 Å². The van der Waals surface area contributed by atoms with Crippen LogP contribution in [0.2, 0.25) is 5.02 Å². The van der Waals surface area contributed by atoms with E-state index in [0.717, 1.165) is 25.7 Å². The van der Waals surface area contributed by atoms with E-state index in [4.69, 9.17) is 11.6 Å². The third-order valence-electron chi connectivity index (χ3n) is 4.05. The molecule has 0 aromatic heterocycles. The van der Waals surface area contributed by atoms with Gasteiger partial charge in [-0.25, -0.2) is 4.39 Å². The van der Waals surface area contributed by atoms with Crippen LogP contribution in [0, 0.1) is 18.2 Å². The lowest BCUT2D eigenvalue weighted by molar-refractivity contribution is -0.120. The number of halogens is 2. The number of carbonyl (C=O) groups excluding carboxylic acids is 1. The number of hydrogen-bond acceptors (Lipinski definition) is 1. The molecule has 2 nitrogen and oxygen atoms in total. The van der Waals surface area contributed by atoms with Crippen molar-refractivity contribution in [1.82, 2.24) is 0 Å². The zero-order chi connectivity index (χ0) is 18.5. The maximum Gasteiger partial charge on any atom is 0.227 e. The van der Waals surface area contributed by atoms with Crippen molar-refractivity contribution in [2.24, 2.45) is 5.41 Å². The summed E-state index contributed by atoms with van der Waals surface area (Å²) in [5.41, 5.74) is 1.03. The van der Waals surface area contributed by atoms with Gasteiger partial charge in [-0.1, -0.05) is 59.1 Å². The van der Waals surface area contributed by atoms with Gasteiger partial charge in [0.25, 0.3) is 0 Å². The van der Waals surface area contributed by atoms with Crippen molar-refractivity contribution >= 4 is 23.2 Å². The highest BCUT2D eigenvalue weighted by atomic mass is 35.5. The molecule has 0 unspecified atom stereocenters. The van der Waals surface area contributed by atoms with Gasteiger partial charge in [0.05, 0.1) is 10.7 Å². The minimum atomic E-state index is -0.338. The van der Waals surface area contributed by atoms with Crippen LogP contribution in [0.4, 0.5) is 10.1 Å². The highest BCUT2D eigenvalue weighted by Crippen LogP contribution is 2.34. The van der Waals surface area contributed by atoms with Crippen molar-refractivity contribution < 1.29 is 9.18 Å². The number of nitrogens with zero attached hydrogens (tertiary/aromatic N) is 1. The topological polar surface area (TPSA) is 20.3 Å². The Balaban J connectivity index is 3.36. The van der Waals surface area contributed by atoms with Crippen LogP contribution in [-0.2, 0) is 4.79 Å². The second-order valence-electron chi connectivity index (χ2n) is 7.79. The molecule has 0 aliphatic heterocycles. The summed E-state index contributed by atoms with van der Waals surface area (Å²) in [4.78, 5) is 14.9. The second-order valence-corrected chi connectivity index (χ2v) is 8.19. The number of hydrogen-bond donors (Lipinski definition) is 0. The van der Waals surface area contributed by atoms with Crippen LogP contribution < -0.4 is 4.90 Å². The van der Waals surface area contributed by atoms with E-state index < -0.39 is 0 Å². The van der Waals surface area contributed by atoms with Crippen LogP contribution in [0.1, 0.15) is 72.3 Å². The third-order valence-corrected chi connectivity index (χ3v) is 4.35. The van der Waals surface area contributed by atoms with E-state index in [-0.39, 0.29) is 23.2 Å². The fraction of sp³-hybridized carbons (Fsp3) is 0.650. The zero-order valence-corrected chi connectivity index (χ0v) is 16.6. The first-order valence-electron chi connectivity index (χ1n) is 8.88. The van der Waals surface area contributed by atoms with E-state index in [1.54, 1.807) is 13.0 Å². The first-order chi connectivity index (χ1) is 11.1. The van der Waals surface area contributed by atoms with Crippen LogP contribution in [0.15, 0.2) is 12.1 Å². The summed E-state index contributed by atoms with van der Waals surface area (Å²) in [5, 5.41) is 0.303. The molecule has 1 aromatic rings. The van der Waals surface area contributed by atoms with Crippen LogP contribution in [0.5, 0.6) is 0 Å². The minimum absolute atomic E-state index is 0.0577. The van der Waals surface area contributed by atoms with Crippen molar-refractivity contribution in [2.45, 2.75) is 79.7 Å². The molecule has 4 heteroatoms. The quantitative estimate of drug-likeness (QED) is 0.544. The van der Waals surface area contributed by atoms with Gasteiger partial charge in [0, 0.05) is 12.5 Å². The maximum atomic E-state index is 13.8. The summed E-state index contributed by atoms with van der Waals surface area (Å²) in [6.45, 7) is 12.1. The Morgan fingerprint density at radius 2 is 1.75 bits per heavy atom. The number of aryl methyl sites for hydroxylation is 1. The van der Waals surface area contributed by atoms with Gasteiger partial charge in [-0.15, -0.1) is 0 Å². The minimum Gasteiger partial charge on any atom is -0.308 e. The number of carbonyl (C=O) groups is 1. The van der Waals surface area contributed by atoms with Crippen molar-refractivity contribution in [3.05, 3.63) is 28.5 Å². The fourth-order valence-electron chi connectivity index (χ4n) is 2.97. The van der Waals surface area contributed by atoms with E-state index in [9.17, 15) is 9.18 Å². The Labute approximate surface area is 151 Å². The van der Waals surface area contributed by atoms with Gasteiger partial charge in [0.1, 0.15) is 5.82 Å². The Bertz CT molecular complexity index is 559. The van der Waals surface area contributed by atoms with Gasteiger partial charge in [-0.3, -0.25) is 4.79 Å². The predicted octanol–water partition coefficient (Wildman–Crippen LogP) is 6.53. The van der Waals surface area contributed by atoms with Crippen molar-refractivity contribution in [2.75, 3.05) is 4.90 Å². The molecule has 0 bridgehead atoms. The number of anilines is 1. The van der Waals surface area contributed by atoms with Crippen LogP contribution in [0.3, 0.4) is 0 Å². The summed E-state index contributed by atoms with van der Waals surface area (Å²) in [6, 6.07) is 3.12. The standard InChI is InChI=1S/C20H31ClFNO/c1-7-9-15(10-8-2)23(19(24)13-20(4,5)6)18-11-14(3)17(22)12-16(18)21/h11-12,15H,7-10,13H2,1-6H3. The highest BCUT2D eigenvalue weighted by Gasteiger charge is 2.29. The molecule has 0 saturated heterocycles. The number of rotatable bonds is 7. The fourth-order valence-corrected chi connectivity index (χ4v) is 3.21. The average Bonchev–Trinajstić information content (AvgIpc) is 2.43. The summed E-state index contributed by atoms with van der Waals surface area (Å²) in [5.74, 6) is -0.281. The smallest absolute Gasteiger partial charge is 0.227 e. The monoisotopic (exact) mass is 355 g/mol. The van der Waals surface area contributed by atoms with Crippen molar-refractivity contribution in [1.29, 1.82) is 0 Å². The van der Waals surface area contributed by atoms with Gasteiger partial charge in [-0.2, -0.15) is 0 Å². The third kappa shape index (κ3) is 5.77. The molecule has 0 aliphatic rings. The van der Waals surface area contributed by atoms with Gasteiger partial charge in [0.15, 0.2) is 0 Å². The van der Waals surface area contributed by atoms with E-state index in [1.807, 2.05) is 4.90 Å². The SMILES string of the molecule is CCCC(CCC)N(C(=O)CC(C)(C)C)c1cc(C)c(F)cc1Cl. The molecular weight excluding hydrogens is 325 g/mol. The Hall–Kier alpha value is -1.09. The van der Waals surface area contributed by atoms with Crippen molar-refractivity contribution in [3.63, 3.8) is 0 Å². The summed E-state index contributed by atoms with van der Waals surface area (Å²) < 4.78 is 13.8. The molecule has 0 aliphatic carbocycles. The molecule has 0 fully saturated rings. The molecule has 0 atom stereocenters. The Morgan fingerprint density at radius 1 is 1.21 bits per heavy atom. The molecule has 1 aromatic carbocycles. The largest absolute Gasteiger partial charge is 0.308 e. The predicted molar refractivity (Wildman–Crippen MR) is 101 cm³/mol. The molecule has 1 rings (SSSR count). The van der Waals surface area contributed by atoms with Crippen molar-refractivity contribution in [3.8, 4) is 0 Å². The molecule has 1 amide bonds. The maximum absolute atomic E-state index is 13.8. The van der Waals surface area contributed by atoms with E-state index in [0.29, 0.717) is 22.7 Å². The molecule has 0 saturated carbocycles. The number of benzene rings is 1. The van der Waals surface area contributed by atoms with Gasteiger partial charge >= 0.3 is 0 Å². The highest BCUT2D eigenvalue weighted by molar-refractivity contribution is 6.33. The second kappa shape index (κ2) is 8.84. The van der Waals surface area contributed by atoms with E-state index in [1.165, 1.54) is 6.07 Å². The zero-order valence-electron chi connectivity index (χ0n) is 15.9. The number of amides is 1. The first-order valence-corrected chi connectivity index (χ1v) is 9.26. The molecule has 0 radical (unpaired) electrons. The van der Waals surface area contributed by atoms with Gasteiger partial charge in [0.2, 0.25) is 5.91 Å².